The van der Waals surface area contributed by atoms with Crippen LogP contribution in [-0.4, -0.2) is 22.9 Å². The smallest absolute Gasteiger partial charge is 0.316 e. The second-order valence-corrected chi connectivity index (χ2v) is 2.56. The molecular weight excluding hydrogens is 188 g/mol. The Balaban J connectivity index is 2.00. The molecule has 72 valence electrons. The molecule has 0 aromatic carbocycles. The first-order chi connectivity index (χ1) is 6.75. The fourth-order valence-electron chi connectivity index (χ4n) is 0.918. The summed E-state index contributed by atoms with van der Waals surface area (Å²) >= 11 is 0. The summed E-state index contributed by atoms with van der Waals surface area (Å²) in [7, 11) is 0. The molecule has 14 heavy (non-hydrogen) atoms. The van der Waals surface area contributed by atoms with Crippen LogP contribution in [0.15, 0.2) is 21.8 Å². The van der Waals surface area contributed by atoms with E-state index < -0.39 is 11.8 Å². The molecule has 1 aromatic rings. The van der Waals surface area contributed by atoms with E-state index in [1.807, 2.05) is 0 Å². The van der Waals surface area contributed by atoms with Gasteiger partial charge in [-0.3, -0.25) is 20.2 Å². The minimum Gasteiger partial charge on any atom is -0.364 e. The van der Waals surface area contributed by atoms with Gasteiger partial charge in [-0.05, 0) is 0 Å². The quantitative estimate of drug-likeness (QED) is 0.576. The van der Waals surface area contributed by atoms with Crippen molar-refractivity contribution in [3.63, 3.8) is 0 Å². The molecule has 0 atom stereocenters. The normalized spacial score (nSPS) is 15.3. The number of hydrogen-bond donors (Lipinski definition) is 2. The van der Waals surface area contributed by atoms with Gasteiger partial charge in [-0.15, -0.1) is 0 Å². The molecule has 0 spiro atoms. The fraction of sp³-hybridized carbons (Fsp3) is 0.143. The van der Waals surface area contributed by atoms with Gasteiger partial charge in [0.25, 0.3) is 0 Å². The highest BCUT2D eigenvalue weighted by Crippen LogP contribution is 1.96. The molecule has 0 aliphatic carbocycles. The van der Waals surface area contributed by atoms with E-state index in [0.29, 0.717) is 5.69 Å². The Kier molecular flexibility index (Phi) is 1.98. The first-order valence-electron chi connectivity index (χ1n) is 3.82. The summed E-state index contributed by atoms with van der Waals surface area (Å²) < 4.78 is 4.58. The van der Waals surface area contributed by atoms with Gasteiger partial charge in [-0.2, -0.15) is 0 Å². The number of guanidine groups is 1. The number of nitrogens with zero attached hydrogens (tertiary/aromatic N) is 2. The number of carbonyl (C=O) groups excluding carboxylic acids is 2. The van der Waals surface area contributed by atoms with Gasteiger partial charge in [-0.25, -0.2) is 4.99 Å². The molecule has 2 heterocycles. The Morgan fingerprint density at radius 2 is 2.07 bits per heavy atom. The lowest BCUT2D eigenvalue weighted by molar-refractivity contribution is -0.135. The van der Waals surface area contributed by atoms with Crippen LogP contribution in [0.2, 0.25) is 0 Å². The van der Waals surface area contributed by atoms with Gasteiger partial charge in [0.05, 0.1) is 6.54 Å². The van der Waals surface area contributed by atoms with Gasteiger partial charge in [0.2, 0.25) is 5.96 Å². The zero-order chi connectivity index (χ0) is 9.97. The maximum absolute atomic E-state index is 10.7. The molecule has 1 saturated heterocycles. The molecule has 2 N–H and O–H groups in total. The fourth-order valence-corrected chi connectivity index (χ4v) is 0.918. The summed E-state index contributed by atoms with van der Waals surface area (Å²) in [5.41, 5.74) is 0.618. The third-order valence-corrected chi connectivity index (χ3v) is 1.56. The number of hydrogen-bond acceptors (Lipinski definition) is 5. The first kappa shape index (κ1) is 8.42. The number of aliphatic imine (C=N–C) groups is 1. The van der Waals surface area contributed by atoms with E-state index in [0.717, 1.165) is 0 Å². The van der Waals surface area contributed by atoms with Crippen LogP contribution in [0.1, 0.15) is 5.69 Å². The van der Waals surface area contributed by atoms with Crippen molar-refractivity contribution in [2.75, 3.05) is 0 Å². The molecule has 7 heteroatoms. The van der Waals surface area contributed by atoms with E-state index in [9.17, 15) is 9.59 Å². The highest BCUT2D eigenvalue weighted by Gasteiger charge is 2.24. The largest absolute Gasteiger partial charge is 0.364 e. The zero-order valence-corrected chi connectivity index (χ0v) is 6.98. The maximum atomic E-state index is 10.7. The van der Waals surface area contributed by atoms with Crippen molar-refractivity contribution in [3.8, 4) is 0 Å². The number of amides is 2. The molecule has 1 aliphatic heterocycles. The Morgan fingerprint density at radius 3 is 2.64 bits per heavy atom. The predicted molar refractivity (Wildman–Crippen MR) is 43.9 cm³/mol. The lowest BCUT2D eigenvalue weighted by Gasteiger charge is -1.93. The van der Waals surface area contributed by atoms with E-state index in [1.165, 1.54) is 6.26 Å². The highest BCUT2D eigenvalue weighted by atomic mass is 16.5. The van der Waals surface area contributed by atoms with E-state index in [2.05, 4.69) is 25.3 Å². The molecule has 0 bridgehead atoms. The second kappa shape index (κ2) is 3.29. The number of aromatic nitrogens is 1. The molecule has 7 nitrogen and oxygen atoms in total. The van der Waals surface area contributed by atoms with E-state index in [4.69, 9.17) is 0 Å². The van der Waals surface area contributed by atoms with Crippen LogP contribution < -0.4 is 10.6 Å². The Labute approximate surface area is 78.2 Å². The molecule has 0 unspecified atom stereocenters. The summed E-state index contributed by atoms with van der Waals surface area (Å²) in [6, 6.07) is 1.64. The molecular formula is C7H6N4O3. The van der Waals surface area contributed by atoms with Crippen LogP contribution in [0.4, 0.5) is 0 Å². The Hall–Kier alpha value is -2.18. The summed E-state index contributed by atoms with van der Waals surface area (Å²) in [5.74, 6) is -1.27. The van der Waals surface area contributed by atoms with Gasteiger partial charge >= 0.3 is 11.8 Å². The first-order valence-corrected chi connectivity index (χ1v) is 3.82. The minimum absolute atomic E-state index is 0.142. The van der Waals surface area contributed by atoms with Crippen LogP contribution in [0.3, 0.4) is 0 Å². The number of nitrogens with one attached hydrogen (secondary N) is 2. The highest BCUT2D eigenvalue weighted by molar-refractivity contribution is 6.45. The third-order valence-electron chi connectivity index (χ3n) is 1.56. The van der Waals surface area contributed by atoms with Crippen molar-refractivity contribution in [3.05, 3.63) is 18.0 Å². The zero-order valence-electron chi connectivity index (χ0n) is 6.98. The summed E-state index contributed by atoms with van der Waals surface area (Å²) in [6.45, 7) is 0.242. The van der Waals surface area contributed by atoms with Crippen molar-refractivity contribution < 1.29 is 14.1 Å². The molecule has 1 aliphatic rings. The second-order valence-electron chi connectivity index (χ2n) is 2.56. The van der Waals surface area contributed by atoms with Crippen LogP contribution >= 0.6 is 0 Å². The topological polar surface area (TPSA) is 96.6 Å². The minimum atomic E-state index is -0.705. The lowest BCUT2D eigenvalue weighted by Crippen LogP contribution is -2.25. The Bertz CT molecular complexity index is 377. The van der Waals surface area contributed by atoms with Crippen LogP contribution in [-0.2, 0) is 16.1 Å². The van der Waals surface area contributed by atoms with E-state index in [1.54, 1.807) is 6.07 Å². The molecule has 0 saturated carbocycles. The lowest BCUT2D eigenvalue weighted by atomic mass is 10.4. The number of carbonyl (C=O) groups is 2. The maximum Gasteiger partial charge on any atom is 0.316 e. The predicted octanol–water partition coefficient (Wildman–Crippen LogP) is -1.22. The average molecular weight is 194 g/mol. The summed E-state index contributed by atoms with van der Waals surface area (Å²) in [6.07, 6.45) is 1.42. The molecule has 2 amide bonds. The standard InChI is InChI=1S/C7H6N4O3/c12-5-6(13)10-7(9-5)8-3-4-1-2-14-11-4/h1-2H,3H2,(H2,8,9,10,12,13). The average Bonchev–Trinajstić information content (AvgIpc) is 2.74. The van der Waals surface area contributed by atoms with Crippen molar-refractivity contribution in [1.82, 2.24) is 15.8 Å². The van der Waals surface area contributed by atoms with Gasteiger partial charge in [0.15, 0.2) is 0 Å². The van der Waals surface area contributed by atoms with Gasteiger partial charge < -0.3 is 4.52 Å². The summed E-state index contributed by atoms with van der Waals surface area (Å²) in [5, 5.41) is 8.12. The van der Waals surface area contributed by atoms with Crippen molar-refractivity contribution in [2.24, 2.45) is 4.99 Å². The van der Waals surface area contributed by atoms with E-state index >= 15 is 0 Å². The number of rotatable bonds is 2. The molecule has 1 fully saturated rings. The van der Waals surface area contributed by atoms with Crippen molar-refractivity contribution >= 4 is 17.8 Å². The monoisotopic (exact) mass is 194 g/mol. The van der Waals surface area contributed by atoms with Crippen LogP contribution in [0.25, 0.3) is 0 Å². The molecule has 0 radical (unpaired) electrons. The van der Waals surface area contributed by atoms with E-state index in [-0.39, 0.29) is 12.5 Å². The van der Waals surface area contributed by atoms with Crippen molar-refractivity contribution in [2.45, 2.75) is 6.54 Å². The van der Waals surface area contributed by atoms with Gasteiger partial charge in [0.1, 0.15) is 12.0 Å². The SMILES string of the molecule is O=C1NC(=NCc2ccon2)NC1=O. The van der Waals surface area contributed by atoms with Gasteiger partial charge in [-0.1, -0.05) is 5.16 Å². The van der Waals surface area contributed by atoms with Crippen LogP contribution in [0.5, 0.6) is 0 Å². The third kappa shape index (κ3) is 1.60. The summed E-state index contributed by atoms with van der Waals surface area (Å²) in [4.78, 5) is 25.3. The van der Waals surface area contributed by atoms with Crippen LogP contribution in [0, 0.1) is 0 Å². The van der Waals surface area contributed by atoms with Crippen molar-refractivity contribution in [1.29, 1.82) is 0 Å². The Morgan fingerprint density at radius 1 is 1.36 bits per heavy atom. The van der Waals surface area contributed by atoms with Gasteiger partial charge in [0, 0.05) is 6.07 Å². The molecule has 1 aromatic heterocycles. The molecule has 2 rings (SSSR count).